The van der Waals surface area contributed by atoms with E-state index in [1.54, 1.807) is 0 Å². The Hall–Kier alpha value is -1.32. The maximum absolute atomic E-state index is 10.4. The Morgan fingerprint density at radius 1 is 1.69 bits per heavy atom. The molecule has 0 aliphatic heterocycles. The van der Waals surface area contributed by atoms with Gasteiger partial charge in [-0.25, -0.2) is 10.2 Å². The van der Waals surface area contributed by atoms with Gasteiger partial charge in [0.05, 0.1) is 5.71 Å². The van der Waals surface area contributed by atoms with Gasteiger partial charge in [0.1, 0.15) is 0 Å². The van der Waals surface area contributed by atoms with Crippen molar-refractivity contribution >= 4 is 11.7 Å². The monoisotopic (exact) mass is 181 g/mol. The molecule has 0 fully saturated rings. The van der Waals surface area contributed by atoms with Gasteiger partial charge in [0.2, 0.25) is 0 Å². The van der Waals surface area contributed by atoms with E-state index in [2.05, 4.69) is 24.4 Å². The first kappa shape index (κ1) is 9.77. The first-order valence-corrected chi connectivity index (χ1v) is 4.32. The van der Waals surface area contributed by atoms with Crippen molar-refractivity contribution in [1.29, 1.82) is 0 Å². The molecule has 13 heavy (non-hydrogen) atoms. The van der Waals surface area contributed by atoms with Crippen molar-refractivity contribution in [2.24, 2.45) is 16.3 Å². The molecule has 0 bridgehead atoms. The Labute approximate surface area is 77.9 Å². The smallest absolute Gasteiger partial charge is 0.332 e. The summed E-state index contributed by atoms with van der Waals surface area (Å²) in [6.07, 6.45) is 6.08. The molecule has 0 aromatic rings. The summed E-state index contributed by atoms with van der Waals surface area (Å²) in [7, 11) is 0. The summed E-state index contributed by atoms with van der Waals surface area (Å²) < 4.78 is 0. The van der Waals surface area contributed by atoms with Gasteiger partial charge in [-0.1, -0.05) is 19.9 Å². The number of carbonyl (C=O) groups excluding carboxylic acids is 1. The summed E-state index contributed by atoms with van der Waals surface area (Å²) >= 11 is 0. The van der Waals surface area contributed by atoms with Gasteiger partial charge in [0.15, 0.2) is 0 Å². The number of hydrazone groups is 1. The van der Waals surface area contributed by atoms with Crippen LogP contribution in [0, 0.1) is 5.41 Å². The predicted molar refractivity (Wildman–Crippen MR) is 52.3 cm³/mol. The number of hydrogen-bond acceptors (Lipinski definition) is 2. The van der Waals surface area contributed by atoms with Crippen LogP contribution in [0.4, 0.5) is 4.79 Å². The number of nitrogens with one attached hydrogen (secondary N) is 1. The van der Waals surface area contributed by atoms with Crippen molar-refractivity contribution < 1.29 is 4.79 Å². The zero-order valence-corrected chi connectivity index (χ0v) is 8.00. The van der Waals surface area contributed by atoms with Gasteiger partial charge in [0.25, 0.3) is 0 Å². The van der Waals surface area contributed by atoms with Crippen molar-refractivity contribution in [2.75, 3.05) is 0 Å². The summed E-state index contributed by atoms with van der Waals surface area (Å²) in [5, 5.41) is 3.94. The molecule has 1 aliphatic carbocycles. The van der Waals surface area contributed by atoms with Crippen LogP contribution in [0.3, 0.4) is 0 Å². The van der Waals surface area contributed by atoms with E-state index in [0.29, 0.717) is 0 Å². The number of rotatable bonds is 1. The summed E-state index contributed by atoms with van der Waals surface area (Å²) in [5.74, 6) is 0. The van der Waals surface area contributed by atoms with Crippen molar-refractivity contribution in [2.45, 2.75) is 26.7 Å². The highest BCUT2D eigenvalue weighted by Crippen LogP contribution is 2.28. The average molecular weight is 181 g/mol. The third kappa shape index (κ3) is 2.57. The fourth-order valence-corrected chi connectivity index (χ4v) is 1.30. The van der Waals surface area contributed by atoms with Crippen LogP contribution in [0.5, 0.6) is 0 Å². The molecule has 2 amide bonds. The summed E-state index contributed by atoms with van der Waals surface area (Å²) in [6.45, 7) is 4.19. The van der Waals surface area contributed by atoms with Crippen LogP contribution >= 0.6 is 0 Å². The topological polar surface area (TPSA) is 67.5 Å². The molecule has 4 nitrogen and oxygen atoms in total. The molecule has 0 atom stereocenters. The first-order valence-electron chi connectivity index (χ1n) is 4.32. The second-order valence-electron chi connectivity index (χ2n) is 3.80. The summed E-state index contributed by atoms with van der Waals surface area (Å²) in [4.78, 5) is 10.4. The summed E-state index contributed by atoms with van der Waals surface area (Å²) in [5.41, 5.74) is 8.06. The largest absolute Gasteiger partial charge is 0.350 e. The number of allylic oxidation sites excluding steroid dienone is 2. The molecular weight excluding hydrogens is 166 g/mol. The molecule has 1 aliphatic rings. The lowest BCUT2D eigenvalue weighted by molar-refractivity contribution is 0.249. The lowest BCUT2D eigenvalue weighted by atomic mass is 9.79. The number of hydrogen-bond donors (Lipinski definition) is 2. The molecule has 0 unspecified atom stereocenters. The minimum atomic E-state index is -0.623. The van der Waals surface area contributed by atoms with Crippen LogP contribution in [-0.4, -0.2) is 11.7 Å². The molecule has 72 valence electrons. The molecule has 0 aromatic heterocycles. The number of primary amides is 1. The van der Waals surface area contributed by atoms with Crippen molar-refractivity contribution in [3.8, 4) is 0 Å². The van der Waals surface area contributed by atoms with Crippen LogP contribution < -0.4 is 11.2 Å². The molecule has 0 saturated carbocycles. The molecule has 0 saturated heterocycles. The Bertz CT molecular complexity index is 266. The lowest BCUT2D eigenvalue weighted by Crippen LogP contribution is -2.31. The van der Waals surface area contributed by atoms with E-state index in [1.807, 2.05) is 12.2 Å². The van der Waals surface area contributed by atoms with Gasteiger partial charge < -0.3 is 5.73 Å². The minimum absolute atomic E-state index is 0.0250. The molecule has 0 aromatic carbocycles. The van der Waals surface area contributed by atoms with E-state index >= 15 is 0 Å². The molecule has 0 radical (unpaired) electrons. The van der Waals surface area contributed by atoms with Crippen molar-refractivity contribution in [3.05, 3.63) is 12.2 Å². The SMILES string of the molecule is CC1(C)CCC=C/C1=N\NC(N)=O. The Kier molecular flexibility index (Phi) is 2.70. The highest BCUT2D eigenvalue weighted by atomic mass is 16.2. The van der Waals surface area contributed by atoms with Crippen molar-refractivity contribution in [1.82, 2.24) is 5.43 Å². The third-order valence-corrected chi connectivity index (χ3v) is 2.19. The van der Waals surface area contributed by atoms with Gasteiger partial charge in [-0.05, 0) is 18.9 Å². The fraction of sp³-hybridized carbons (Fsp3) is 0.556. The highest BCUT2D eigenvalue weighted by molar-refractivity contribution is 6.00. The van der Waals surface area contributed by atoms with Gasteiger partial charge >= 0.3 is 6.03 Å². The molecular formula is C9H15N3O. The Balaban J connectivity index is 2.76. The van der Waals surface area contributed by atoms with E-state index in [0.717, 1.165) is 18.6 Å². The number of urea groups is 1. The first-order chi connectivity index (χ1) is 6.02. The number of amides is 2. The second-order valence-corrected chi connectivity index (χ2v) is 3.80. The Morgan fingerprint density at radius 3 is 2.92 bits per heavy atom. The normalized spacial score (nSPS) is 23.1. The van der Waals surface area contributed by atoms with E-state index in [4.69, 9.17) is 5.73 Å². The van der Waals surface area contributed by atoms with Gasteiger partial charge in [-0.15, -0.1) is 0 Å². The zero-order valence-electron chi connectivity index (χ0n) is 8.00. The molecule has 3 N–H and O–H groups in total. The van der Waals surface area contributed by atoms with E-state index in [1.165, 1.54) is 0 Å². The standard InChI is InChI=1S/C9H15N3O/c1-9(2)6-4-3-5-7(9)11-12-8(10)13/h3,5H,4,6H2,1-2H3,(H3,10,12,13)/b11-7+. The number of nitrogens with zero attached hydrogens (tertiary/aromatic N) is 1. The van der Waals surface area contributed by atoms with E-state index < -0.39 is 6.03 Å². The van der Waals surface area contributed by atoms with E-state index in [9.17, 15) is 4.79 Å². The maximum atomic E-state index is 10.4. The van der Waals surface area contributed by atoms with Crippen LogP contribution in [-0.2, 0) is 0 Å². The molecule has 0 spiro atoms. The fourth-order valence-electron chi connectivity index (χ4n) is 1.30. The van der Waals surface area contributed by atoms with Crippen molar-refractivity contribution in [3.63, 3.8) is 0 Å². The van der Waals surface area contributed by atoms with Crippen LogP contribution in [0.1, 0.15) is 26.7 Å². The predicted octanol–water partition coefficient (Wildman–Crippen LogP) is 1.39. The van der Waals surface area contributed by atoms with Gasteiger partial charge in [-0.3, -0.25) is 0 Å². The highest BCUT2D eigenvalue weighted by Gasteiger charge is 2.25. The Morgan fingerprint density at radius 2 is 2.38 bits per heavy atom. The van der Waals surface area contributed by atoms with Crippen LogP contribution in [0.15, 0.2) is 17.3 Å². The van der Waals surface area contributed by atoms with Gasteiger partial charge in [-0.2, -0.15) is 5.10 Å². The average Bonchev–Trinajstić information content (AvgIpc) is 2.01. The summed E-state index contributed by atoms with van der Waals surface area (Å²) in [6, 6.07) is -0.623. The van der Waals surface area contributed by atoms with Crippen LogP contribution in [0.2, 0.25) is 0 Å². The minimum Gasteiger partial charge on any atom is -0.350 e. The lowest BCUT2D eigenvalue weighted by Gasteiger charge is -2.27. The number of carbonyl (C=O) groups is 1. The van der Waals surface area contributed by atoms with Gasteiger partial charge in [0, 0.05) is 5.41 Å². The second kappa shape index (κ2) is 3.60. The molecule has 0 heterocycles. The zero-order chi connectivity index (χ0) is 9.90. The molecule has 1 rings (SSSR count). The maximum Gasteiger partial charge on any atom is 0.332 e. The molecule has 4 heteroatoms. The third-order valence-electron chi connectivity index (χ3n) is 2.19. The van der Waals surface area contributed by atoms with Crippen LogP contribution in [0.25, 0.3) is 0 Å². The number of nitrogens with two attached hydrogens (primary N) is 1. The van der Waals surface area contributed by atoms with E-state index in [-0.39, 0.29) is 5.41 Å². The quantitative estimate of drug-likeness (QED) is 0.590.